The van der Waals surface area contributed by atoms with E-state index < -0.39 is 0 Å². The molecule has 2 heterocycles. The molecule has 2 N–H and O–H groups in total. The van der Waals surface area contributed by atoms with Crippen LogP contribution in [0.3, 0.4) is 0 Å². The maximum atomic E-state index is 12.0. The third-order valence-electron chi connectivity index (χ3n) is 3.36. The van der Waals surface area contributed by atoms with Gasteiger partial charge >= 0.3 is 0 Å². The Morgan fingerprint density at radius 2 is 2.17 bits per heavy atom. The molecule has 1 aromatic carbocycles. The van der Waals surface area contributed by atoms with E-state index in [4.69, 9.17) is 0 Å². The first kappa shape index (κ1) is 15.4. The average Bonchev–Trinajstić information content (AvgIpc) is 2.96. The monoisotopic (exact) mass is 328 g/mol. The van der Waals surface area contributed by atoms with Crippen LogP contribution in [0.15, 0.2) is 35.3 Å². The summed E-state index contributed by atoms with van der Waals surface area (Å²) in [5.74, 6) is -0.118. The molecule has 0 fully saturated rings. The molecule has 0 aliphatic carbocycles. The highest BCUT2D eigenvalue weighted by molar-refractivity contribution is 7.11. The second kappa shape index (κ2) is 6.70. The molecule has 23 heavy (non-hydrogen) atoms. The second-order valence-corrected chi connectivity index (χ2v) is 6.49. The molecule has 3 rings (SSSR count). The Hall–Kier alpha value is -2.54. The zero-order valence-corrected chi connectivity index (χ0v) is 13.4. The summed E-state index contributed by atoms with van der Waals surface area (Å²) in [5, 5.41) is 3.68. The number of aryl methyl sites for hydroxylation is 2. The lowest BCUT2D eigenvalue weighted by Gasteiger charge is -2.04. The second-order valence-electron chi connectivity index (χ2n) is 5.17. The molecule has 0 atom stereocenters. The van der Waals surface area contributed by atoms with Gasteiger partial charge in [0.25, 0.3) is 5.56 Å². The minimum Gasteiger partial charge on any atom is -0.350 e. The summed E-state index contributed by atoms with van der Waals surface area (Å²) in [7, 11) is 0. The normalized spacial score (nSPS) is 10.8. The van der Waals surface area contributed by atoms with E-state index in [0.717, 1.165) is 15.4 Å². The van der Waals surface area contributed by atoms with Crippen molar-refractivity contribution in [3.63, 3.8) is 0 Å². The quantitative estimate of drug-likeness (QED) is 0.749. The van der Waals surface area contributed by atoms with Crippen LogP contribution in [-0.4, -0.2) is 20.9 Å². The van der Waals surface area contributed by atoms with Crippen molar-refractivity contribution in [3.8, 4) is 0 Å². The summed E-state index contributed by atoms with van der Waals surface area (Å²) in [6, 6.07) is 7.34. The number of rotatable bonds is 5. The SMILES string of the molecule is Cc1cnc(CNC(=O)CCc2nc3ccccc3[nH]c2=O)s1. The van der Waals surface area contributed by atoms with Gasteiger partial charge in [-0.05, 0) is 19.1 Å². The number of carbonyl (C=O) groups excluding carboxylic acids is 1. The van der Waals surface area contributed by atoms with Crippen molar-refractivity contribution in [1.82, 2.24) is 20.3 Å². The molecule has 7 heteroatoms. The van der Waals surface area contributed by atoms with Gasteiger partial charge in [-0.25, -0.2) is 9.97 Å². The number of nitrogens with one attached hydrogen (secondary N) is 2. The van der Waals surface area contributed by atoms with Gasteiger partial charge < -0.3 is 10.3 Å². The van der Waals surface area contributed by atoms with E-state index in [0.29, 0.717) is 24.2 Å². The third-order valence-corrected chi connectivity index (χ3v) is 4.28. The van der Waals surface area contributed by atoms with E-state index >= 15 is 0 Å². The first-order valence-corrected chi connectivity index (χ1v) is 8.09. The molecular weight excluding hydrogens is 312 g/mol. The van der Waals surface area contributed by atoms with Crippen LogP contribution >= 0.6 is 11.3 Å². The number of amides is 1. The maximum Gasteiger partial charge on any atom is 0.270 e. The molecule has 118 valence electrons. The number of aromatic nitrogens is 3. The Kier molecular flexibility index (Phi) is 4.47. The summed E-state index contributed by atoms with van der Waals surface area (Å²) in [6.07, 6.45) is 2.31. The summed E-state index contributed by atoms with van der Waals surface area (Å²) in [6.45, 7) is 2.39. The van der Waals surface area contributed by atoms with Gasteiger partial charge in [-0.1, -0.05) is 12.1 Å². The summed E-state index contributed by atoms with van der Waals surface area (Å²) in [4.78, 5) is 36.3. The smallest absolute Gasteiger partial charge is 0.270 e. The predicted molar refractivity (Wildman–Crippen MR) is 89.4 cm³/mol. The number of aromatic amines is 1. The summed E-state index contributed by atoms with van der Waals surface area (Å²) >= 11 is 1.55. The van der Waals surface area contributed by atoms with Crippen molar-refractivity contribution >= 4 is 28.3 Å². The highest BCUT2D eigenvalue weighted by atomic mass is 32.1. The lowest BCUT2D eigenvalue weighted by atomic mass is 10.2. The van der Waals surface area contributed by atoms with Gasteiger partial charge in [-0.2, -0.15) is 0 Å². The van der Waals surface area contributed by atoms with Crippen LogP contribution in [0.1, 0.15) is 22.0 Å². The number of nitrogens with zero attached hydrogens (tertiary/aromatic N) is 2. The molecule has 2 aromatic heterocycles. The lowest BCUT2D eigenvalue weighted by molar-refractivity contribution is -0.121. The third kappa shape index (κ3) is 3.81. The van der Waals surface area contributed by atoms with E-state index in [1.165, 1.54) is 0 Å². The van der Waals surface area contributed by atoms with Gasteiger partial charge in [0.15, 0.2) is 0 Å². The Morgan fingerprint density at radius 3 is 2.96 bits per heavy atom. The first-order chi connectivity index (χ1) is 11.1. The van der Waals surface area contributed by atoms with Crippen LogP contribution in [0.5, 0.6) is 0 Å². The van der Waals surface area contributed by atoms with Crippen molar-refractivity contribution in [1.29, 1.82) is 0 Å². The van der Waals surface area contributed by atoms with E-state index in [2.05, 4.69) is 20.3 Å². The molecule has 0 unspecified atom stereocenters. The number of thiazole rings is 1. The highest BCUT2D eigenvalue weighted by Crippen LogP contribution is 2.10. The Labute approximate surface area is 136 Å². The predicted octanol–water partition coefficient (Wildman–Crippen LogP) is 1.94. The minimum atomic E-state index is -0.243. The zero-order valence-electron chi connectivity index (χ0n) is 12.6. The number of benzene rings is 1. The van der Waals surface area contributed by atoms with E-state index in [1.807, 2.05) is 25.1 Å². The molecule has 0 aliphatic rings. The molecular formula is C16H16N4O2S. The minimum absolute atomic E-state index is 0.118. The number of hydrogen-bond donors (Lipinski definition) is 2. The van der Waals surface area contributed by atoms with Crippen LogP contribution in [0.2, 0.25) is 0 Å². The fourth-order valence-electron chi connectivity index (χ4n) is 2.21. The summed E-state index contributed by atoms with van der Waals surface area (Å²) < 4.78 is 0. The van der Waals surface area contributed by atoms with Crippen LogP contribution in [0.25, 0.3) is 11.0 Å². The molecule has 1 amide bonds. The van der Waals surface area contributed by atoms with Crippen molar-refractivity contribution in [2.75, 3.05) is 0 Å². The molecule has 6 nitrogen and oxygen atoms in total. The molecule has 0 radical (unpaired) electrons. The van der Waals surface area contributed by atoms with Crippen LogP contribution in [0, 0.1) is 6.92 Å². The molecule has 0 saturated carbocycles. The van der Waals surface area contributed by atoms with Gasteiger partial charge in [-0.15, -0.1) is 11.3 Å². The Balaban J connectivity index is 1.60. The number of para-hydroxylation sites is 2. The average molecular weight is 328 g/mol. The van der Waals surface area contributed by atoms with E-state index in [1.54, 1.807) is 23.6 Å². The standard InChI is InChI=1S/C16H16N4O2S/c1-10-8-18-15(23-10)9-17-14(21)7-6-13-16(22)20-12-5-3-2-4-11(12)19-13/h2-5,8H,6-7,9H2,1H3,(H,17,21)(H,20,22). The van der Waals surface area contributed by atoms with Gasteiger partial charge in [0.05, 0.1) is 17.6 Å². The fourth-order valence-corrected chi connectivity index (χ4v) is 2.94. The number of H-pyrrole nitrogens is 1. The van der Waals surface area contributed by atoms with Crippen LogP contribution < -0.4 is 10.9 Å². The van der Waals surface area contributed by atoms with Crippen molar-refractivity contribution in [2.24, 2.45) is 0 Å². The van der Waals surface area contributed by atoms with Gasteiger partial charge in [0.2, 0.25) is 5.91 Å². The Bertz CT molecular complexity index is 900. The van der Waals surface area contributed by atoms with Crippen molar-refractivity contribution < 1.29 is 4.79 Å². The largest absolute Gasteiger partial charge is 0.350 e. The number of hydrogen-bond acceptors (Lipinski definition) is 5. The number of fused-ring (bicyclic) bond motifs is 1. The van der Waals surface area contributed by atoms with Gasteiger partial charge in [-0.3, -0.25) is 9.59 Å². The maximum absolute atomic E-state index is 12.0. The van der Waals surface area contributed by atoms with Crippen molar-refractivity contribution in [2.45, 2.75) is 26.3 Å². The topological polar surface area (TPSA) is 87.7 Å². The van der Waals surface area contributed by atoms with Crippen LogP contribution in [-0.2, 0) is 17.8 Å². The summed E-state index contributed by atoms with van der Waals surface area (Å²) in [5.41, 5.74) is 1.56. The van der Waals surface area contributed by atoms with Gasteiger partial charge in [0, 0.05) is 23.9 Å². The number of carbonyl (C=O) groups is 1. The zero-order chi connectivity index (χ0) is 16.2. The van der Waals surface area contributed by atoms with E-state index in [9.17, 15) is 9.59 Å². The highest BCUT2D eigenvalue weighted by Gasteiger charge is 2.09. The molecule has 0 aliphatic heterocycles. The van der Waals surface area contributed by atoms with Crippen LogP contribution in [0.4, 0.5) is 0 Å². The van der Waals surface area contributed by atoms with Gasteiger partial charge in [0.1, 0.15) is 10.7 Å². The van der Waals surface area contributed by atoms with E-state index in [-0.39, 0.29) is 17.9 Å². The molecule has 3 aromatic rings. The Morgan fingerprint density at radius 1 is 1.35 bits per heavy atom. The molecule has 0 spiro atoms. The lowest BCUT2D eigenvalue weighted by Crippen LogP contribution is -2.24. The molecule has 0 saturated heterocycles. The fraction of sp³-hybridized carbons (Fsp3) is 0.250. The van der Waals surface area contributed by atoms with Crippen molar-refractivity contribution in [3.05, 3.63) is 56.4 Å². The first-order valence-electron chi connectivity index (χ1n) is 7.28. The molecule has 0 bridgehead atoms.